The third-order valence-corrected chi connectivity index (χ3v) is 11.4. The van der Waals surface area contributed by atoms with Gasteiger partial charge in [0.25, 0.3) is 0 Å². The molecule has 2 heteroatoms. The molecule has 8 aromatic carbocycles. The first-order valence-corrected chi connectivity index (χ1v) is 18.1. The van der Waals surface area contributed by atoms with Crippen molar-refractivity contribution in [2.24, 2.45) is 0 Å². The molecule has 0 N–H and O–H groups in total. The van der Waals surface area contributed by atoms with E-state index in [-0.39, 0.29) is 0 Å². The minimum Gasteiger partial charge on any atom is -0.457 e. The summed E-state index contributed by atoms with van der Waals surface area (Å²) >= 11 is 0. The highest BCUT2D eigenvalue weighted by Gasteiger charge is 2.50. The highest BCUT2D eigenvalue weighted by atomic mass is 16.5. The number of para-hydroxylation sites is 4. The van der Waals surface area contributed by atoms with Gasteiger partial charge in [0, 0.05) is 27.6 Å². The second kappa shape index (κ2) is 11.2. The average molecular weight is 664 g/mol. The van der Waals surface area contributed by atoms with Gasteiger partial charge >= 0.3 is 0 Å². The molecule has 0 bridgehead atoms. The quantitative estimate of drug-likeness (QED) is 0.183. The number of fused-ring (bicyclic) bond motifs is 11. The van der Waals surface area contributed by atoms with Crippen LogP contribution >= 0.6 is 0 Å². The number of hydrogen-bond acceptors (Lipinski definition) is 1. The van der Waals surface area contributed by atoms with Gasteiger partial charge in [0.05, 0.1) is 16.4 Å². The zero-order valence-corrected chi connectivity index (χ0v) is 28.5. The molecule has 2 heterocycles. The number of ether oxygens (including phenoxy) is 1. The average Bonchev–Trinajstić information content (AvgIpc) is 3.55. The third-order valence-electron chi connectivity index (χ3n) is 11.4. The zero-order valence-electron chi connectivity index (χ0n) is 28.5. The Balaban J connectivity index is 1.23. The molecule has 0 saturated heterocycles. The lowest BCUT2D eigenvalue weighted by atomic mass is 9.56. The molecule has 244 valence electrons. The lowest BCUT2D eigenvalue weighted by Gasteiger charge is -2.47. The number of rotatable bonds is 3. The van der Waals surface area contributed by atoms with Gasteiger partial charge in [-0.2, -0.15) is 0 Å². The van der Waals surface area contributed by atoms with Crippen LogP contribution in [0.1, 0.15) is 33.4 Å². The first-order chi connectivity index (χ1) is 25.8. The van der Waals surface area contributed by atoms with Crippen molar-refractivity contribution < 1.29 is 4.74 Å². The maximum atomic E-state index is 6.72. The smallest absolute Gasteiger partial charge is 0.132 e. The van der Waals surface area contributed by atoms with Gasteiger partial charge < -0.3 is 9.30 Å². The molecule has 11 rings (SSSR count). The van der Waals surface area contributed by atoms with Crippen molar-refractivity contribution >= 4 is 21.8 Å². The summed E-state index contributed by atoms with van der Waals surface area (Å²) in [5.74, 6) is 1.81. The van der Waals surface area contributed by atoms with Gasteiger partial charge in [-0.3, -0.25) is 0 Å². The van der Waals surface area contributed by atoms with Crippen LogP contribution < -0.4 is 4.74 Å². The van der Waals surface area contributed by atoms with Crippen molar-refractivity contribution in [1.82, 2.24) is 4.57 Å². The summed E-state index contributed by atoms with van der Waals surface area (Å²) in [4.78, 5) is 0. The van der Waals surface area contributed by atoms with Gasteiger partial charge in [-0.05, 0) is 93.4 Å². The minimum absolute atomic E-state index is 0.593. The van der Waals surface area contributed by atoms with Gasteiger partial charge in [-0.25, -0.2) is 0 Å². The molecule has 0 atom stereocenters. The van der Waals surface area contributed by atoms with Crippen LogP contribution in [0.4, 0.5) is 0 Å². The predicted molar refractivity (Wildman–Crippen MR) is 213 cm³/mol. The lowest BCUT2D eigenvalue weighted by molar-refractivity contribution is 0.432. The van der Waals surface area contributed by atoms with E-state index in [4.69, 9.17) is 4.74 Å². The molecule has 9 aromatic rings. The first-order valence-electron chi connectivity index (χ1n) is 18.1. The Hall–Kier alpha value is -6.64. The molecule has 0 amide bonds. The highest BCUT2D eigenvalue weighted by molar-refractivity contribution is 6.10. The zero-order chi connectivity index (χ0) is 34.2. The van der Waals surface area contributed by atoms with Gasteiger partial charge in [0.1, 0.15) is 11.5 Å². The van der Waals surface area contributed by atoms with Crippen LogP contribution in [0.25, 0.3) is 49.7 Å². The normalized spacial score (nSPS) is 13.6. The number of aromatic nitrogens is 1. The summed E-state index contributed by atoms with van der Waals surface area (Å²) in [6.45, 7) is 0. The summed E-state index contributed by atoms with van der Waals surface area (Å²) in [6.07, 6.45) is 0.832. The summed E-state index contributed by atoms with van der Waals surface area (Å²) in [6, 6.07) is 68.6. The molecule has 0 unspecified atom stereocenters. The summed E-state index contributed by atoms with van der Waals surface area (Å²) in [5.41, 5.74) is 15.7. The monoisotopic (exact) mass is 663 g/mol. The molecule has 0 radical (unpaired) electrons. The van der Waals surface area contributed by atoms with Crippen molar-refractivity contribution in [3.8, 4) is 39.4 Å². The summed E-state index contributed by atoms with van der Waals surface area (Å²) in [7, 11) is 0. The van der Waals surface area contributed by atoms with E-state index in [2.05, 4.69) is 193 Å². The highest BCUT2D eigenvalue weighted by Crippen LogP contribution is 2.61. The molecule has 2 aliphatic rings. The topological polar surface area (TPSA) is 14.2 Å². The van der Waals surface area contributed by atoms with Crippen LogP contribution in [0.2, 0.25) is 0 Å². The molecule has 0 fully saturated rings. The van der Waals surface area contributed by atoms with E-state index >= 15 is 0 Å². The van der Waals surface area contributed by atoms with Crippen molar-refractivity contribution in [3.63, 3.8) is 0 Å². The summed E-state index contributed by atoms with van der Waals surface area (Å²) in [5, 5.41) is 2.52. The van der Waals surface area contributed by atoms with Crippen LogP contribution in [0.5, 0.6) is 11.5 Å². The Morgan fingerprint density at radius 3 is 1.85 bits per heavy atom. The molecular weight excluding hydrogens is 631 g/mol. The molecule has 0 saturated carbocycles. The molecule has 1 aliphatic heterocycles. The third kappa shape index (κ3) is 4.01. The second-order valence-electron chi connectivity index (χ2n) is 14.0. The fourth-order valence-electron chi connectivity index (χ4n) is 9.32. The Morgan fingerprint density at radius 1 is 0.442 bits per heavy atom. The van der Waals surface area contributed by atoms with E-state index in [0.717, 1.165) is 17.9 Å². The van der Waals surface area contributed by atoms with E-state index in [1.165, 1.54) is 83.1 Å². The Kier molecular flexibility index (Phi) is 6.26. The Labute approximate surface area is 302 Å². The van der Waals surface area contributed by atoms with Gasteiger partial charge in [0.15, 0.2) is 0 Å². The number of hydrogen-bond donors (Lipinski definition) is 0. The number of benzene rings is 8. The van der Waals surface area contributed by atoms with Gasteiger partial charge in [-0.15, -0.1) is 0 Å². The van der Waals surface area contributed by atoms with Crippen molar-refractivity contribution in [2.75, 3.05) is 0 Å². The molecular formula is C50H33NO. The largest absolute Gasteiger partial charge is 0.457 e. The minimum atomic E-state index is -0.593. The van der Waals surface area contributed by atoms with Gasteiger partial charge in [-0.1, -0.05) is 146 Å². The fourth-order valence-corrected chi connectivity index (χ4v) is 9.32. The van der Waals surface area contributed by atoms with Crippen LogP contribution in [0, 0.1) is 0 Å². The van der Waals surface area contributed by atoms with E-state index < -0.39 is 5.41 Å². The van der Waals surface area contributed by atoms with E-state index in [9.17, 15) is 0 Å². The summed E-state index contributed by atoms with van der Waals surface area (Å²) < 4.78 is 9.11. The molecule has 1 aromatic heterocycles. The maximum absolute atomic E-state index is 6.72. The van der Waals surface area contributed by atoms with Crippen molar-refractivity contribution in [2.45, 2.75) is 11.8 Å². The molecule has 52 heavy (non-hydrogen) atoms. The van der Waals surface area contributed by atoms with Crippen LogP contribution in [-0.2, 0) is 11.8 Å². The molecule has 1 spiro atoms. The van der Waals surface area contributed by atoms with Crippen LogP contribution in [-0.4, -0.2) is 4.57 Å². The molecule has 1 aliphatic carbocycles. The Morgan fingerprint density at radius 2 is 1.06 bits per heavy atom. The van der Waals surface area contributed by atoms with E-state index in [1.54, 1.807) is 0 Å². The predicted octanol–water partition coefficient (Wildman–Crippen LogP) is 12.5. The van der Waals surface area contributed by atoms with Crippen molar-refractivity contribution in [1.29, 1.82) is 0 Å². The van der Waals surface area contributed by atoms with Crippen LogP contribution in [0.3, 0.4) is 0 Å². The van der Waals surface area contributed by atoms with Gasteiger partial charge in [0.2, 0.25) is 0 Å². The lowest BCUT2D eigenvalue weighted by Crippen LogP contribution is -2.39. The van der Waals surface area contributed by atoms with E-state index in [1.807, 2.05) is 0 Å². The van der Waals surface area contributed by atoms with Crippen LogP contribution in [0.15, 0.2) is 188 Å². The molecule has 2 nitrogen and oxygen atoms in total. The SMILES string of the molecule is c1ccc(-c2cccc3c2C2(c4ccccc4Oc4ccccc42)c2cccc(-c4ccc5c(c4)c4ccccc4n5-c4ccccc4)c2C3)cc1. The number of nitrogens with zero attached hydrogens (tertiary/aromatic N) is 1. The first kappa shape index (κ1) is 29.1. The maximum Gasteiger partial charge on any atom is 0.132 e. The Bertz CT molecular complexity index is 2800. The van der Waals surface area contributed by atoms with Crippen molar-refractivity contribution in [3.05, 3.63) is 221 Å². The second-order valence-corrected chi connectivity index (χ2v) is 14.0. The standard InChI is InChI=1S/C50H33NO/c1-3-15-33(16-4-1)38-22-13-17-35-32-40-37(34-29-30-46-41(31-34)39-20-7-10-26-45(39)51(46)36-18-5-2-6-19-36)21-14-25-42(40)50(49(35)38)43-23-8-11-27-47(43)52-48-28-12-9-24-44(48)50/h1-31H,32H2. The van der Waals surface area contributed by atoms with E-state index in [0.29, 0.717) is 0 Å². The fraction of sp³-hybridized carbons (Fsp3) is 0.0400.